The molecule has 2 aromatic carbocycles. The lowest BCUT2D eigenvalue weighted by atomic mass is 10.1. The third-order valence-electron chi connectivity index (χ3n) is 3.44. The SMILES string of the molecule is CN(C)CCNC(=O)c1ccc(/C=C/c2ccc(Br)cc2Br)cc1. The second-order valence-electron chi connectivity index (χ2n) is 5.68. The van der Waals surface area contributed by atoms with Gasteiger partial charge in [-0.3, -0.25) is 4.79 Å². The summed E-state index contributed by atoms with van der Waals surface area (Å²) in [6.45, 7) is 1.47. The number of halogens is 2. The Bertz CT molecular complexity index is 725. The van der Waals surface area contributed by atoms with Crippen LogP contribution in [0, 0.1) is 0 Å². The van der Waals surface area contributed by atoms with Gasteiger partial charge in [-0.15, -0.1) is 0 Å². The zero-order chi connectivity index (χ0) is 17.5. The molecule has 0 saturated carbocycles. The highest BCUT2D eigenvalue weighted by Gasteiger charge is 2.04. The van der Waals surface area contributed by atoms with Crippen LogP contribution in [0.25, 0.3) is 12.2 Å². The molecule has 2 aromatic rings. The monoisotopic (exact) mass is 450 g/mol. The molecule has 0 aliphatic heterocycles. The fourth-order valence-corrected chi connectivity index (χ4v) is 3.24. The second-order valence-corrected chi connectivity index (χ2v) is 7.45. The second kappa shape index (κ2) is 9.16. The van der Waals surface area contributed by atoms with Gasteiger partial charge in [-0.05, 0) is 49.5 Å². The van der Waals surface area contributed by atoms with E-state index in [0.29, 0.717) is 12.1 Å². The van der Waals surface area contributed by atoms with Crippen molar-refractivity contribution in [3.05, 3.63) is 68.1 Å². The van der Waals surface area contributed by atoms with Crippen LogP contribution in [0.1, 0.15) is 21.5 Å². The molecule has 2 rings (SSSR count). The largest absolute Gasteiger partial charge is 0.351 e. The molecule has 5 heteroatoms. The van der Waals surface area contributed by atoms with Crippen LogP contribution in [0.4, 0.5) is 0 Å². The van der Waals surface area contributed by atoms with Crippen LogP contribution in [-0.2, 0) is 0 Å². The van der Waals surface area contributed by atoms with Crippen molar-refractivity contribution in [1.82, 2.24) is 10.2 Å². The fraction of sp³-hybridized carbons (Fsp3) is 0.211. The van der Waals surface area contributed by atoms with Gasteiger partial charge in [0, 0.05) is 27.6 Å². The van der Waals surface area contributed by atoms with Crippen LogP contribution in [0.3, 0.4) is 0 Å². The highest BCUT2D eigenvalue weighted by Crippen LogP contribution is 2.23. The molecule has 0 heterocycles. The Hall–Kier alpha value is -1.43. The zero-order valence-electron chi connectivity index (χ0n) is 13.7. The van der Waals surface area contributed by atoms with E-state index in [9.17, 15) is 4.79 Å². The number of nitrogens with one attached hydrogen (secondary N) is 1. The number of carbonyl (C=O) groups is 1. The van der Waals surface area contributed by atoms with Crippen molar-refractivity contribution < 1.29 is 4.79 Å². The number of hydrogen-bond donors (Lipinski definition) is 1. The van der Waals surface area contributed by atoms with E-state index in [1.165, 1.54) is 0 Å². The van der Waals surface area contributed by atoms with E-state index in [1.807, 2.05) is 73.6 Å². The summed E-state index contributed by atoms with van der Waals surface area (Å²) in [6.07, 6.45) is 4.07. The van der Waals surface area contributed by atoms with E-state index in [0.717, 1.165) is 26.6 Å². The predicted molar refractivity (Wildman–Crippen MR) is 108 cm³/mol. The average Bonchev–Trinajstić information content (AvgIpc) is 2.54. The van der Waals surface area contributed by atoms with Crippen molar-refractivity contribution in [2.24, 2.45) is 0 Å². The van der Waals surface area contributed by atoms with E-state index in [2.05, 4.69) is 37.2 Å². The molecule has 1 N–H and O–H groups in total. The molecular formula is C19H20Br2N2O. The van der Waals surface area contributed by atoms with E-state index in [1.54, 1.807) is 0 Å². The molecule has 0 unspecified atom stereocenters. The molecule has 0 bridgehead atoms. The van der Waals surface area contributed by atoms with Gasteiger partial charge in [0.15, 0.2) is 0 Å². The number of nitrogens with zero attached hydrogens (tertiary/aromatic N) is 1. The van der Waals surface area contributed by atoms with E-state index in [-0.39, 0.29) is 5.91 Å². The minimum absolute atomic E-state index is 0.0389. The molecular weight excluding hydrogens is 432 g/mol. The first-order valence-electron chi connectivity index (χ1n) is 7.62. The maximum absolute atomic E-state index is 12.0. The van der Waals surface area contributed by atoms with Crippen molar-refractivity contribution >= 4 is 49.9 Å². The van der Waals surface area contributed by atoms with Gasteiger partial charge in [0.05, 0.1) is 0 Å². The lowest BCUT2D eigenvalue weighted by Crippen LogP contribution is -2.31. The number of hydrogen-bond acceptors (Lipinski definition) is 2. The van der Waals surface area contributed by atoms with Crippen LogP contribution in [-0.4, -0.2) is 38.0 Å². The van der Waals surface area contributed by atoms with Crippen molar-refractivity contribution in [2.75, 3.05) is 27.2 Å². The Labute approximate surface area is 160 Å². The number of amides is 1. The van der Waals surface area contributed by atoms with Crippen molar-refractivity contribution in [3.8, 4) is 0 Å². The summed E-state index contributed by atoms with van der Waals surface area (Å²) in [7, 11) is 3.97. The Morgan fingerprint density at radius 3 is 2.42 bits per heavy atom. The molecule has 0 radical (unpaired) electrons. The van der Waals surface area contributed by atoms with Gasteiger partial charge >= 0.3 is 0 Å². The molecule has 0 aliphatic rings. The first kappa shape index (κ1) is 18.9. The third-order valence-corrected chi connectivity index (χ3v) is 4.62. The predicted octanol–water partition coefficient (Wildman–Crippen LogP) is 4.67. The average molecular weight is 452 g/mol. The molecule has 0 atom stereocenters. The van der Waals surface area contributed by atoms with Crippen molar-refractivity contribution in [2.45, 2.75) is 0 Å². The van der Waals surface area contributed by atoms with Crippen LogP contribution >= 0.6 is 31.9 Å². The first-order chi connectivity index (χ1) is 11.5. The molecule has 0 saturated heterocycles. The fourth-order valence-electron chi connectivity index (χ4n) is 2.06. The normalized spacial score (nSPS) is 11.2. The Morgan fingerprint density at radius 2 is 1.79 bits per heavy atom. The lowest BCUT2D eigenvalue weighted by Gasteiger charge is -2.10. The maximum atomic E-state index is 12.0. The highest BCUT2D eigenvalue weighted by molar-refractivity contribution is 9.11. The first-order valence-corrected chi connectivity index (χ1v) is 9.20. The number of likely N-dealkylation sites (N-methyl/N-ethyl adjacent to an activating group) is 1. The topological polar surface area (TPSA) is 32.3 Å². The Morgan fingerprint density at radius 1 is 1.08 bits per heavy atom. The summed E-state index contributed by atoms with van der Waals surface area (Å²) in [4.78, 5) is 14.1. The zero-order valence-corrected chi connectivity index (χ0v) is 16.9. The number of carbonyl (C=O) groups excluding carboxylic acids is 1. The number of benzene rings is 2. The summed E-state index contributed by atoms with van der Waals surface area (Å²) in [6, 6.07) is 13.7. The molecule has 3 nitrogen and oxygen atoms in total. The van der Waals surface area contributed by atoms with E-state index in [4.69, 9.17) is 0 Å². The molecule has 0 spiro atoms. The van der Waals surface area contributed by atoms with E-state index < -0.39 is 0 Å². The molecule has 0 aromatic heterocycles. The molecule has 0 aliphatic carbocycles. The van der Waals surface area contributed by atoms with Gasteiger partial charge in [-0.25, -0.2) is 0 Å². The van der Waals surface area contributed by atoms with Crippen LogP contribution in [0.2, 0.25) is 0 Å². The maximum Gasteiger partial charge on any atom is 0.251 e. The van der Waals surface area contributed by atoms with Gasteiger partial charge in [0.1, 0.15) is 0 Å². The molecule has 1 amide bonds. The molecule has 0 fully saturated rings. The molecule has 126 valence electrons. The van der Waals surface area contributed by atoms with Crippen LogP contribution < -0.4 is 5.32 Å². The summed E-state index contributed by atoms with van der Waals surface area (Å²) in [5, 5.41) is 2.91. The smallest absolute Gasteiger partial charge is 0.251 e. The number of rotatable bonds is 6. The highest BCUT2D eigenvalue weighted by atomic mass is 79.9. The standard InChI is InChI=1S/C19H20Br2N2O/c1-23(2)12-11-22-19(24)16-7-4-14(5-8-16)3-6-15-9-10-17(20)13-18(15)21/h3-10,13H,11-12H2,1-2H3,(H,22,24)/b6-3+. The van der Waals surface area contributed by atoms with Gasteiger partial charge in [-0.1, -0.05) is 62.2 Å². The van der Waals surface area contributed by atoms with Gasteiger partial charge in [0.2, 0.25) is 0 Å². The van der Waals surface area contributed by atoms with Crippen LogP contribution in [0.15, 0.2) is 51.4 Å². The minimum Gasteiger partial charge on any atom is -0.351 e. The minimum atomic E-state index is -0.0389. The quantitative estimate of drug-likeness (QED) is 0.647. The summed E-state index contributed by atoms with van der Waals surface area (Å²) in [5.74, 6) is -0.0389. The van der Waals surface area contributed by atoms with E-state index >= 15 is 0 Å². The van der Waals surface area contributed by atoms with Gasteiger partial charge in [0.25, 0.3) is 5.91 Å². The molecule has 24 heavy (non-hydrogen) atoms. The third kappa shape index (κ3) is 5.89. The van der Waals surface area contributed by atoms with Crippen molar-refractivity contribution in [3.63, 3.8) is 0 Å². The lowest BCUT2D eigenvalue weighted by molar-refractivity contribution is 0.0951. The van der Waals surface area contributed by atoms with Crippen LogP contribution in [0.5, 0.6) is 0 Å². The Kier molecular flexibility index (Phi) is 7.21. The summed E-state index contributed by atoms with van der Waals surface area (Å²) < 4.78 is 2.07. The summed E-state index contributed by atoms with van der Waals surface area (Å²) >= 11 is 6.99. The Balaban J connectivity index is 1.98. The summed E-state index contributed by atoms with van der Waals surface area (Å²) in [5.41, 5.74) is 2.83. The van der Waals surface area contributed by atoms with Gasteiger partial charge < -0.3 is 10.2 Å². The van der Waals surface area contributed by atoms with Gasteiger partial charge in [-0.2, -0.15) is 0 Å². The van der Waals surface area contributed by atoms with Crippen molar-refractivity contribution in [1.29, 1.82) is 0 Å².